The zero-order chi connectivity index (χ0) is 52.4. The highest BCUT2D eigenvalue weighted by molar-refractivity contribution is 7.90. The van der Waals surface area contributed by atoms with Crippen LogP contribution in [0.2, 0.25) is 0 Å². The second-order valence-electron chi connectivity index (χ2n) is 20.0. The molecule has 10 rings (SSSR count). The van der Waals surface area contributed by atoms with Gasteiger partial charge in [0.05, 0.1) is 44.1 Å². The molecular weight excluding hydrogens is 980 g/mol. The molecule has 0 saturated carbocycles. The monoisotopic (exact) mass is 1040 g/mol. The zero-order valence-corrected chi connectivity index (χ0v) is 43.8. The van der Waals surface area contributed by atoms with E-state index in [-0.39, 0.29) is 61.2 Å². The number of fused-ring (bicyclic) bond motifs is 2. The Kier molecular flexibility index (Phi) is 15.3. The van der Waals surface area contributed by atoms with Gasteiger partial charge in [0.25, 0.3) is 21.8 Å². The number of hydrogen-bond acceptors (Lipinski definition) is 14. The maximum absolute atomic E-state index is 15.0. The minimum Gasteiger partial charge on any atom is -0.629 e. The highest BCUT2D eigenvalue weighted by Gasteiger charge is 2.37. The van der Waals surface area contributed by atoms with Gasteiger partial charge in [-0.1, -0.05) is 50.2 Å². The quantitative estimate of drug-likeness (QED) is 0.0556. The topological polar surface area (TPSA) is 207 Å². The molecule has 3 aromatic heterocycles. The molecule has 3 fully saturated rings. The van der Waals surface area contributed by atoms with Crippen molar-refractivity contribution >= 4 is 55.1 Å². The van der Waals surface area contributed by atoms with Crippen LogP contribution in [0.5, 0.6) is 23.1 Å². The number of anilines is 2. The molecular formula is C55H65FN10O8S. The number of benzene rings is 4. The van der Waals surface area contributed by atoms with E-state index in [2.05, 4.69) is 94.9 Å². The minimum atomic E-state index is -4.69. The maximum Gasteiger partial charge on any atom is 0.268 e. The molecule has 4 aromatic carbocycles. The Balaban J connectivity index is 0.923. The minimum absolute atomic E-state index is 0.00305. The lowest BCUT2D eigenvalue weighted by atomic mass is 9.89. The molecule has 2 atom stereocenters. The number of piperidine rings is 1. The third kappa shape index (κ3) is 11.0. The highest BCUT2D eigenvalue weighted by atomic mass is 32.2. The van der Waals surface area contributed by atoms with Crippen molar-refractivity contribution in [3.05, 3.63) is 125 Å². The molecule has 1 amide bonds. The first-order valence-corrected chi connectivity index (χ1v) is 27.1. The molecule has 0 bridgehead atoms. The molecule has 396 valence electrons. The molecule has 0 aliphatic carbocycles. The summed E-state index contributed by atoms with van der Waals surface area (Å²) in [5.74, 6) is -0.0903. The van der Waals surface area contributed by atoms with Crippen molar-refractivity contribution in [3.63, 3.8) is 0 Å². The Morgan fingerprint density at radius 2 is 1.72 bits per heavy atom. The number of amides is 1. The Bertz CT molecular complexity index is 3260. The van der Waals surface area contributed by atoms with E-state index < -0.39 is 21.7 Å². The first-order chi connectivity index (χ1) is 36.3. The number of ether oxygens (including phenoxy) is 4. The molecule has 75 heavy (non-hydrogen) atoms. The Morgan fingerprint density at radius 1 is 0.947 bits per heavy atom. The molecule has 6 heterocycles. The fourth-order valence-corrected chi connectivity index (χ4v) is 12.1. The number of nitrogens with zero attached hydrogens (tertiary/aromatic N) is 5. The number of piperazine rings is 1. The zero-order valence-electron chi connectivity index (χ0n) is 43.0. The summed E-state index contributed by atoms with van der Waals surface area (Å²) in [4.78, 5) is 36.2. The van der Waals surface area contributed by atoms with Gasteiger partial charge in [-0.25, -0.2) is 22.5 Å². The number of methoxy groups -OCH3 is 2. The number of aromatic amines is 2. The lowest BCUT2D eigenvalue weighted by Crippen LogP contribution is -2.98. The number of nitrogens with one attached hydrogen (secondary N) is 5. The van der Waals surface area contributed by atoms with Crippen LogP contribution in [0.15, 0.2) is 96.3 Å². The number of pyridine rings is 1. The predicted octanol–water partition coefficient (Wildman–Crippen LogP) is 7.64. The van der Waals surface area contributed by atoms with Crippen LogP contribution in [0.1, 0.15) is 78.5 Å². The Labute approximate surface area is 436 Å². The molecule has 7 aromatic rings. The molecule has 18 nitrogen and oxygen atoms in total. The van der Waals surface area contributed by atoms with Gasteiger partial charge in [-0.15, -0.1) is 0 Å². The normalized spacial score (nSPS) is 17.9. The third-order valence-corrected chi connectivity index (χ3v) is 16.3. The number of hydrogen-bond donors (Lipinski definition) is 5. The van der Waals surface area contributed by atoms with Crippen LogP contribution in [-0.2, 0) is 21.3 Å². The predicted molar refractivity (Wildman–Crippen MR) is 285 cm³/mol. The van der Waals surface area contributed by atoms with Gasteiger partial charge in [0.1, 0.15) is 39.1 Å². The van der Waals surface area contributed by atoms with Gasteiger partial charge in [-0.3, -0.25) is 14.6 Å². The number of sulfonamides is 1. The van der Waals surface area contributed by atoms with E-state index >= 15 is 4.39 Å². The number of carbonyl (C=O) groups is 1. The van der Waals surface area contributed by atoms with Crippen LogP contribution >= 0.6 is 0 Å². The average Bonchev–Trinajstić information content (AvgIpc) is 4.07. The lowest BCUT2D eigenvalue weighted by molar-refractivity contribution is -0.750. The van der Waals surface area contributed by atoms with Crippen LogP contribution in [0.25, 0.3) is 22.1 Å². The van der Waals surface area contributed by atoms with E-state index in [9.17, 15) is 18.4 Å². The Hall–Kier alpha value is -6.81. The number of aromatic nitrogens is 4. The standard InChI is InChI=1S/C55H65FN10O8S/c1-34(2)40-8-6-7-9-41(40)46-32-64(31-36-10-13-39(71-4)14-11-36)22-23-66(46)37-16-20-65(21-17-37)38-12-15-42(47(26-38)74-48-27-43-44(56)30-58-53(43)61-55(48)72-5)54(67)62-75(69,70)49-28-45(63(3)68)50(52-51(49)59-33-60-52)57-29-35-18-24-73-25-19-35/h6-15,26-28,30,33-35,37,46,57,63H,16-25,29,31-32H2,1-5H3,(H,58,61)(H,59,60)(H,62,67)/t46-/m0/s1. The van der Waals surface area contributed by atoms with E-state index in [1.54, 1.807) is 19.2 Å². The number of halogens is 1. The maximum atomic E-state index is 15.0. The number of quaternary nitrogens is 1. The van der Waals surface area contributed by atoms with Gasteiger partial charge in [0, 0.05) is 101 Å². The fraction of sp³-hybridized carbons (Fsp3) is 0.400. The van der Waals surface area contributed by atoms with Gasteiger partial charge < -0.3 is 49.4 Å². The van der Waals surface area contributed by atoms with Gasteiger partial charge in [-0.2, -0.15) is 4.98 Å². The van der Waals surface area contributed by atoms with Crippen molar-refractivity contribution < 1.29 is 41.6 Å². The second kappa shape index (κ2) is 22.2. The van der Waals surface area contributed by atoms with Crippen molar-refractivity contribution in [1.82, 2.24) is 34.5 Å². The van der Waals surface area contributed by atoms with Crippen molar-refractivity contribution in [2.45, 2.75) is 69.0 Å². The first kappa shape index (κ1) is 51.7. The Morgan fingerprint density at radius 3 is 2.45 bits per heavy atom. The van der Waals surface area contributed by atoms with Crippen LogP contribution in [0, 0.1) is 16.9 Å². The molecule has 5 N–H and O–H groups in total. The molecule has 1 unspecified atom stereocenters. The number of rotatable bonds is 17. The largest absolute Gasteiger partial charge is 0.629 e. The average molecular weight is 1050 g/mol. The molecule has 0 radical (unpaired) electrons. The fourth-order valence-electron chi connectivity index (χ4n) is 11.0. The number of hydroxylamine groups is 1. The van der Waals surface area contributed by atoms with Crippen molar-refractivity contribution in [1.29, 1.82) is 0 Å². The van der Waals surface area contributed by atoms with Gasteiger partial charge in [0.15, 0.2) is 11.4 Å². The third-order valence-electron chi connectivity index (χ3n) is 15.0. The van der Waals surface area contributed by atoms with Crippen LogP contribution in [-0.4, -0.2) is 124 Å². The SMILES string of the molecule is COc1ccc(CN2CCN(C3CCN(c4ccc(C(=O)NS(=O)(=O)c5cc([NH+](C)[O-])c(NCC6CCOCC6)c6[nH]cnc56)c(Oc5cc6c(F)c[nH]c6nc5OC)c4)CC3)[C@H](c3ccccc3C(C)C)C2)cc1. The lowest BCUT2D eigenvalue weighted by Gasteiger charge is -2.48. The van der Waals surface area contributed by atoms with Crippen molar-refractivity contribution in [3.8, 4) is 23.1 Å². The molecule has 20 heteroatoms. The van der Waals surface area contributed by atoms with Gasteiger partial charge in [0.2, 0.25) is 0 Å². The smallest absolute Gasteiger partial charge is 0.268 e. The van der Waals surface area contributed by atoms with Crippen LogP contribution in [0.4, 0.5) is 21.5 Å². The van der Waals surface area contributed by atoms with Gasteiger partial charge >= 0.3 is 0 Å². The van der Waals surface area contributed by atoms with Crippen molar-refractivity contribution in [2.75, 3.05) is 84.0 Å². The molecule has 0 spiro atoms. The summed E-state index contributed by atoms with van der Waals surface area (Å²) in [6.07, 6.45) is 5.95. The van der Waals surface area contributed by atoms with E-state index in [0.29, 0.717) is 61.9 Å². The van der Waals surface area contributed by atoms with E-state index in [4.69, 9.17) is 18.9 Å². The summed E-state index contributed by atoms with van der Waals surface area (Å²) in [6, 6.07) is 25.3. The number of carbonyl (C=O) groups excluding carboxylic acids is 1. The summed E-state index contributed by atoms with van der Waals surface area (Å²) in [6.45, 7) is 11.3. The highest BCUT2D eigenvalue weighted by Crippen LogP contribution is 2.40. The first-order valence-electron chi connectivity index (χ1n) is 25.7. The van der Waals surface area contributed by atoms with E-state index in [1.807, 2.05) is 12.1 Å². The molecule has 3 aliphatic heterocycles. The van der Waals surface area contributed by atoms with Gasteiger partial charge in [-0.05, 0) is 78.5 Å². The van der Waals surface area contributed by atoms with Crippen LogP contribution in [0.3, 0.4) is 0 Å². The summed E-state index contributed by atoms with van der Waals surface area (Å²) < 4.78 is 69.1. The van der Waals surface area contributed by atoms with E-state index in [0.717, 1.165) is 63.3 Å². The summed E-state index contributed by atoms with van der Waals surface area (Å²) in [5, 5.41) is 16.3. The summed E-state index contributed by atoms with van der Waals surface area (Å²) >= 11 is 0. The number of imidazole rings is 1. The molecule has 3 aliphatic rings. The number of H-pyrrole nitrogens is 2. The van der Waals surface area contributed by atoms with E-state index in [1.165, 1.54) is 61.6 Å². The summed E-state index contributed by atoms with van der Waals surface area (Å²) in [7, 11) is -0.257. The molecule has 3 saturated heterocycles. The second-order valence-corrected chi connectivity index (χ2v) is 21.7. The van der Waals surface area contributed by atoms with Crippen molar-refractivity contribution in [2.24, 2.45) is 5.92 Å². The summed E-state index contributed by atoms with van der Waals surface area (Å²) in [5.41, 5.74) is 5.71. The van der Waals surface area contributed by atoms with Crippen LogP contribution < -0.4 is 34.2 Å².